The third-order valence-electron chi connectivity index (χ3n) is 6.15. The Morgan fingerprint density at radius 1 is 1.40 bits per heavy atom. The average molecular weight is 349 g/mol. The van der Waals surface area contributed by atoms with Crippen molar-refractivity contribution in [3.05, 3.63) is 17.5 Å². The van der Waals surface area contributed by atoms with E-state index in [1.165, 1.54) is 0 Å². The zero-order valence-electron chi connectivity index (χ0n) is 15.7. The minimum Gasteiger partial charge on any atom is -0.392 e. The summed E-state index contributed by atoms with van der Waals surface area (Å²) in [6.45, 7) is 9.02. The van der Waals surface area contributed by atoms with Gasteiger partial charge >= 0.3 is 0 Å². The lowest BCUT2D eigenvalue weighted by molar-refractivity contribution is -0.207. The number of carbonyl (C=O) groups is 1. The number of hydrogen-bond donors (Lipinski definition) is 1. The molecule has 2 aliphatic rings. The minimum atomic E-state index is -0.292. The van der Waals surface area contributed by atoms with E-state index in [-0.39, 0.29) is 23.5 Å². The van der Waals surface area contributed by atoms with Crippen molar-refractivity contribution in [3.8, 4) is 0 Å². The van der Waals surface area contributed by atoms with Crippen LogP contribution >= 0.6 is 0 Å². The maximum absolute atomic E-state index is 12.9. The highest BCUT2D eigenvalue weighted by atomic mass is 16.5. The molecule has 1 aromatic rings. The number of aryl methyl sites for hydroxylation is 1. The predicted octanol–water partition coefficient (Wildman–Crippen LogP) is 2.38. The first-order valence-electron chi connectivity index (χ1n) is 9.64. The van der Waals surface area contributed by atoms with Gasteiger partial charge in [-0.05, 0) is 33.1 Å². The predicted molar refractivity (Wildman–Crippen MR) is 95.5 cm³/mol. The zero-order valence-corrected chi connectivity index (χ0v) is 15.7. The van der Waals surface area contributed by atoms with Gasteiger partial charge in [-0.15, -0.1) is 0 Å². The van der Waals surface area contributed by atoms with Crippen LogP contribution < -0.4 is 0 Å². The van der Waals surface area contributed by atoms with Crippen LogP contribution in [0.15, 0.2) is 6.20 Å². The number of piperidine rings is 1. The van der Waals surface area contributed by atoms with Gasteiger partial charge in [-0.2, -0.15) is 5.10 Å². The molecule has 3 rings (SSSR count). The highest BCUT2D eigenvalue weighted by Gasteiger charge is 2.56. The number of aromatic nitrogens is 2. The fourth-order valence-corrected chi connectivity index (χ4v) is 4.30. The quantitative estimate of drug-likeness (QED) is 0.856. The van der Waals surface area contributed by atoms with E-state index in [0.29, 0.717) is 25.3 Å². The number of aliphatic hydroxyl groups is 1. The Labute approximate surface area is 150 Å². The van der Waals surface area contributed by atoms with Gasteiger partial charge in [-0.3, -0.25) is 9.48 Å². The summed E-state index contributed by atoms with van der Waals surface area (Å²) in [6, 6.07) is 0. The van der Waals surface area contributed by atoms with Gasteiger partial charge in [0, 0.05) is 43.8 Å². The van der Waals surface area contributed by atoms with Gasteiger partial charge in [0.2, 0.25) is 0 Å². The number of likely N-dealkylation sites (tertiary alicyclic amines) is 1. The molecule has 0 bridgehead atoms. The Morgan fingerprint density at radius 2 is 2.12 bits per heavy atom. The first-order valence-corrected chi connectivity index (χ1v) is 9.64. The summed E-state index contributed by atoms with van der Waals surface area (Å²) in [6.07, 6.45) is 6.09. The molecular weight excluding hydrogens is 318 g/mol. The Morgan fingerprint density at radius 3 is 2.72 bits per heavy atom. The molecule has 1 aliphatic heterocycles. The molecule has 2 unspecified atom stereocenters. The largest absolute Gasteiger partial charge is 0.392 e. The van der Waals surface area contributed by atoms with Crippen LogP contribution in [0.25, 0.3) is 0 Å². The van der Waals surface area contributed by atoms with Crippen molar-refractivity contribution >= 4 is 5.91 Å². The number of carbonyl (C=O) groups excluding carboxylic acids is 1. The molecule has 6 nitrogen and oxygen atoms in total. The molecule has 1 spiro atoms. The van der Waals surface area contributed by atoms with Crippen LogP contribution in [0.1, 0.15) is 62.0 Å². The molecule has 2 heterocycles. The molecule has 6 heteroatoms. The SMILES string of the molecule is CCCCn1ncc(C(=O)N2CCC3(CC2)C(O)CC3OCC)c1C. The first kappa shape index (κ1) is 18.4. The molecule has 1 N–H and O–H groups in total. The molecule has 2 atom stereocenters. The Kier molecular flexibility index (Phi) is 5.49. The van der Waals surface area contributed by atoms with Gasteiger partial charge in [0.15, 0.2) is 0 Å². The maximum Gasteiger partial charge on any atom is 0.257 e. The van der Waals surface area contributed by atoms with Crippen LogP contribution in [-0.2, 0) is 11.3 Å². The molecule has 25 heavy (non-hydrogen) atoms. The van der Waals surface area contributed by atoms with Gasteiger partial charge < -0.3 is 14.7 Å². The van der Waals surface area contributed by atoms with Crippen molar-refractivity contribution < 1.29 is 14.6 Å². The zero-order chi connectivity index (χ0) is 18.0. The molecule has 2 fully saturated rings. The second kappa shape index (κ2) is 7.46. The second-order valence-electron chi connectivity index (χ2n) is 7.44. The number of ether oxygens (including phenoxy) is 1. The first-order chi connectivity index (χ1) is 12.0. The van der Waals surface area contributed by atoms with Crippen molar-refractivity contribution in [2.45, 2.75) is 71.6 Å². The van der Waals surface area contributed by atoms with E-state index < -0.39 is 0 Å². The van der Waals surface area contributed by atoms with Crippen LogP contribution in [-0.4, -0.2) is 57.6 Å². The smallest absolute Gasteiger partial charge is 0.257 e. The van der Waals surface area contributed by atoms with E-state index in [0.717, 1.165) is 44.3 Å². The lowest BCUT2D eigenvalue weighted by Gasteiger charge is -2.56. The standard InChI is InChI=1S/C19H31N3O3/c1-4-6-9-22-14(3)15(13-20-22)18(24)21-10-7-19(8-11-21)16(23)12-17(19)25-5-2/h13,16-17,23H,4-12H2,1-3H3. The van der Waals surface area contributed by atoms with E-state index >= 15 is 0 Å². The van der Waals surface area contributed by atoms with Crippen molar-refractivity contribution in [2.75, 3.05) is 19.7 Å². The molecule has 0 aromatic carbocycles. The summed E-state index contributed by atoms with van der Waals surface area (Å²) in [7, 11) is 0. The number of nitrogens with zero attached hydrogens (tertiary/aromatic N) is 3. The molecule has 1 saturated carbocycles. The fourth-order valence-electron chi connectivity index (χ4n) is 4.30. The summed E-state index contributed by atoms with van der Waals surface area (Å²) in [5, 5.41) is 14.7. The third-order valence-corrected chi connectivity index (χ3v) is 6.15. The van der Waals surface area contributed by atoms with E-state index in [4.69, 9.17) is 4.74 Å². The van der Waals surface area contributed by atoms with Gasteiger partial charge in [-0.25, -0.2) is 0 Å². The molecule has 1 aliphatic carbocycles. The normalized spacial score (nSPS) is 25.2. The lowest BCUT2D eigenvalue weighted by atomic mass is 9.58. The Hall–Kier alpha value is -1.40. The monoisotopic (exact) mass is 349 g/mol. The Balaban J connectivity index is 1.63. The number of rotatable bonds is 6. The summed E-state index contributed by atoms with van der Waals surface area (Å²) < 4.78 is 7.74. The molecule has 140 valence electrons. The molecule has 0 radical (unpaired) electrons. The summed E-state index contributed by atoms with van der Waals surface area (Å²) in [4.78, 5) is 14.8. The highest BCUT2D eigenvalue weighted by Crippen LogP contribution is 2.51. The van der Waals surface area contributed by atoms with Crippen LogP contribution in [0.4, 0.5) is 0 Å². The summed E-state index contributed by atoms with van der Waals surface area (Å²) in [5.74, 6) is 0.0665. The van der Waals surface area contributed by atoms with Crippen LogP contribution in [0.2, 0.25) is 0 Å². The van der Waals surface area contributed by atoms with E-state index in [1.54, 1.807) is 6.20 Å². The van der Waals surface area contributed by atoms with Crippen LogP contribution in [0.3, 0.4) is 0 Å². The van der Waals surface area contributed by atoms with Crippen LogP contribution in [0, 0.1) is 12.3 Å². The number of unbranched alkanes of at least 4 members (excludes halogenated alkanes) is 1. The topological polar surface area (TPSA) is 67.6 Å². The maximum atomic E-state index is 12.9. The number of amides is 1. The van der Waals surface area contributed by atoms with Gasteiger partial charge in [0.05, 0.1) is 24.0 Å². The van der Waals surface area contributed by atoms with Crippen molar-refractivity contribution in [1.29, 1.82) is 0 Å². The molecular formula is C19H31N3O3. The third kappa shape index (κ3) is 3.22. The number of aliphatic hydroxyl groups excluding tert-OH is 1. The highest BCUT2D eigenvalue weighted by molar-refractivity contribution is 5.95. The fraction of sp³-hybridized carbons (Fsp3) is 0.789. The van der Waals surface area contributed by atoms with E-state index in [1.807, 2.05) is 23.4 Å². The molecule has 1 saturated heterocycles. The second-order valence-corrected chi connectivity index (χ2v) is 7.44. The number of hydrogen-bond acceptors (Lipinski definition) is 4. The van der Waals surface area contributed by atoms with Gasteiger partial charge in [-0.1, -0.05) is 13.3 Å². The molecule has 1 amide bonds. The average Bonchev–Trinajstić information content (AvgIpc) is 3.00. The van der Waals surface area contributed by atoms with Crippen molar-refractivity contribution in [3.63, 3.8) is 0 Å². The summed E-state index contributed by atoms with van der Waals surface area (Å²) in [5.41, 5.74) is 1.52. The van der Waals surface area contributed by atoms with E-state index in [9.17, 15) is 9.90 Å². The van der Waals surface area contributed by atoms with Crippen LogP contribution in [0.5, 0.6) is 0 Å². The van der Waals surface area contributed by atoms with Gasteiger partial charge in [0.1, 0.15) is 0 Å². The minimum absolute atomic E-state index is 0.0665. The van der Waals surface area contributed by atoms with Gasteiger partial charge in [0.25, 0.3) is 5.91 Å². The van der Waals surface area contributed by atoms with Crippen molar-refractivity contribution in [1.82, 2.24) is 14.7 Å². The van der Waals surface area contributed by atoms with Crippen molar-refractivity contribution in [2.24, 2.45) is 5.41 Å². The van der Waals surface area contributed by atoms with E-state index in [2.05, 4.69) is 12.0 Å². The lowest BCUT2D eigenvalue weighted by Crippen LogP contribution is -2.62. The Bertz CT molecular complexity index is 603. The molecule has 1 aromatic heterocycles. The summed E-state index contributed by atoms with van der Waals surface area (Å²) >= 11 is 0.